The van der Waals surface area contributed by atoms with Gasteiger partial charge in [0.15, 0.2) is 0 Å². The first-order chi connectivity index (χ1) is 7.14. The lowest BCUT2D eigenvalue weighted by Crippen LogP contribution is -2.49. The molecular weight excluding hydrogens is 188 g/mol. The summed E-state index contributed by atoms with van der Waals surface area (Å²) in [6.07, 6.45) is 3.70. The molecule has 0 aromatic carbocycles. The number of piperidine rings is 1. The fraction of sp³-hybridized carbons (Fsp3) is 1.00. The number of hydrogen-bond donors (Lipinski definition) is 2. The normalized spacial score (nSPS) is 37.0. The van der Waals surface area contributed by atoms with Gasteiger partial charge >= 0.3 is 0 Å². The molecule has 0 amide bonds. The topological polar surface area (TPSA) is 35.5 Å². The predicted molar refractivity (Wildman–Crippen MR) is 61.9 cm³/mol. The zero-order valence-electron chi connectivity index (χ0n) is 10.00. The van der Waals surface area contributed by atoms with E-state index in [0.29, 0.717) is 11.5 Å². The average Bonchev–Trinajstić information content (AvgIpc) is 2.66. The Balaban J connectivity index is 1.88. The quantitative estimate of drug-likeness (QED) is 0.712. The van der Waals surface area contributed by atoms with Gasteiger partial charge in [-0.05, 0) is 31.3 Å². The average molecular weight is 212 g/mol. The number of β-amino-alcohol motifs (C(OH)–C–C–N with tert-alkyl or cyclic N) is 1. The van der Waals surface area contributed by atoms with E-state index in [9.17, 15) is 5.11 Å². The van der Waals surface area contributed by atoms with Crippen molar-refractivity contribution in [2.24, 2.45) is 5.41 Å². The fourth-order valence-electron chi connectivity index (χ4n) is 2.77. The smallest absolute Gasteiger partial charge is 0.0831 e. The summed E-state index contributed by atoms with van der Waals surface area (Å²) in [4.78, 5) is 2.47. The highest BCUT2D eigenvalue weighted by molar-refractivity contribution is 4.92. The summed E-state index contributed by atoms with van der Waals surface area (Å²) in [5.41, 5.74) is 0.549. The van der Waals surface area contributed by atoms with Crippen molar-refractivity contribution in [3.8, 4) is 0 Å². The molecule has 0 bridgehead atoms. The van der Waals surface area contributed by atoms with Crippen LogP contribution in [-0.2, 0) is 0 Å². The molecule has 2 heterocycles. The summed E-state index contributed by atoms with van der Waals surface area (Å²) in [6, 6.07) is 0.367. The van der Waals surface area contributed by atoms with Crippen LogP contribution in [0.5, 0.6) is 0 Å². The first-order valence-corrected chi connectivity index (χ1v) is 6.27. The van der Waals surface area contributed by atoms with Gasteiger partial charge in [0.1, 0.15) is 0 Å². The van der Waals surface area contributed by atoms with Crippen molar-refractivity contribution in [2.75, 3.05) is 26.2 Å². The van der Waals surface area contributed by atoms with Crippen LogP contribution >= 0.6 is 0 Å². The minimum Gasteiger partial charge on any atom is -0.390 e. The first-order valence-electron chi connectivity index (χ1n) is 6.27. The van der Waals surface area contributed by atoms with Crippen LogP contribution in [0.4, 0.5) is 0 Å². The van der Waals surface area contributed by atoms with Gasteiger partial charge in [-0.2, -0.15) is 0 Å². The van der Waals surface area contributed by atoms with Crippen LogP contribution in [0.15, 0.2) is 0 Å². The number of aliphatic hydroxyl groups excluding tert-OH is 1. The molecule has 2 N–H and O–H groups in total. The Bertz CT molecular complexity index is 212. The summed E-state index contributed by atoms with van der Waals surface area (Å²) in [6.45, 7) is 8.74. The van der Waals surface area contributed by atoms with Crippen molar-refractivity contribution >= 4 is 0 Å². The van der Waals surface area contributed by atoms with Gasteiger partial charge in [-0.3, -0.25) is 4.90 Å². The molecule has 0 saturated carbocycles. The number of nitrogens with zero attached hydrogens (tertiary/aromatic N) is 1. The summed E-state index contributed by atoms with van der Waals surface area (Å²) in [7, 11) is 0. The number of rotatable bonds is 2. The molecule has 0 spiro atoms. The number of nitrogens with one attached hydrogen (secondary N) is 1. The third-order valence-electron chi connectivity index (χ3n) is 4.48. The minimum absolute atomic E-state index is 0.156. The largest absolute Gasteiger partial charge is 0.390 e. The van der Waals surface area contributed by atoms with E-state index in [1.54, 1.807) is 0 Å². The van der Waals surface area contributed by atoms with Crippen molar-refractivity contribution in [3.05, 3.63) is 0 Å². The van der Waals surface area contributed by atoms with Crippen LogP contribution in [-0.4, -0.2) is 48.3 Å². The number of likely N-dealkylation sites (tertiary alicyclic amines) is 1. The van der Waals surface area contributed by atoms with Crippen LogP contribution in [0, 0.1) is 5.41 Å². The maximum atomic E-state index is 9.82. The summed E-state index contributed by atoms with van der Waals surface area (Å²) < 4.78 is 0. The first kappa shape index (κ1) is 11.4. The molecule has 2 saturated heterocycles. The van der Waals surface area contributed by atoms with Crippen LogP contribution in [0.2, 0.25) is 0 Å². The molecule has 2 atom stereocenters. The molecule has 88 valence electrons. The summed E-state index contributed by atoms with van der Waals surface area (Å²) in [5.74, 6) is 0. The van der Waals surface area contributed by atoms with Crippen LogP contribution in [0.1, 0.15) is 33.1 Å². The monoisotopic (exact) mass is 212 g/mol. The Morgan fingerprint density at radius 1 is 1.33 bits per heavy atom. The van der Waals surface area contributed by atoms with Gasteiger partial charge in [0.25, 0.3) is 0 Å². The molecule has 2 fully saturated rings. The van der Waals surface area contributed by atoms with Crippen molar-refractivity contribution in [3.63, 3.8) is 0 Å². The lowest BCUT2D eigenvalue weighted by atomic mass is 9.78. The Kier molecular flexibility index (Phi) is 3.33. The van der Waals surface area contributed by atoms with Gasteiger partial charge in [-0.15, -0.1) is 0 Å². The van der Waals surface area contributed by atoms with Crippen LogP contribution in [0.25, 0.3) is 0 Å². The second kappa shape index (κ2) is 4.40. The van der Waals surface area contributed by atoms with Crippen LogP contribution in [0.3, 0.4) is 0 Å². The standard InChI is InChI=1S/C12H24N2O/c1-3-12(2)4-6-14(7-5-12)10-8-13-9-11(10)15/h10-11,13,15H,3-9H2,1-2H3. The SMILES string of the molecule is CCC1(C)CCN(C2CNCC2O)CC1. The maximum Gasteiger partial charge on any atom is 0.0831 e. The van der Waals surface area contributed by atoms with E-state index in [2.05, 4.69) is 24.1 Å². The van der Waals surface area contributed by atoms with Gasteiger partial charge in [-0.1, -0.05) is 20.3 Å². The minimum atomic E-state index is -0.156. The highest BCUT2D eigenvalue weighted by Crippen LogP contribution is 2.34. The van der Waals surface area contributed by atoms with Crippen molar-refractivity contribution in [1.82, 2.24) is 10.2 Å². The highest BCUT2D eigenvalue weighted by Gasteiger charge is 2.35. The molecule has 0 radical (unpaired) electrons. The van der Waals surface area contributed by atoms with Gasteiger partial charge in [0, 0.05) is 19.1 Å². The third kappa shape index (κ3) is 2.35. The molecular formula is C12H24N2O. The zero-order valence-corrected chi connectivity index (χ0v) is 10.00. The third-order valence-corrected chi connectivity index (χ3v) is 4.48. The second-order valence-corrected chi connectivity index (χ2v) is 5.49. The molecule has 2 aliphatic rings. The van der Waals surface area contributed by atoms with Crippen molar-refractivity contribution in [2.45, 2.75) is 45.3 Å². The maximum absolute atomic E-state index is 9.82. The van der Waals surface area contributed by atoms with Crippen LogP contribution < -0.4 is 5.32 Å². The van der Waals surface area contributed by atoms with Gasteiger partial charge in [-0.25, -0.2) is 0 Å². The summed E-state index contributed by atoms with van der Waals surface area (Å²) in [5, 5.41) is 13.1. The van der Waals surface area contributed by atoms with E-state index in [4.69, 9.17) is 0 Å². The molecule has 15 heavy (non-hydrogen) atoms. The number of hydrogen-bond acceptors (Lipinski definition) is 3. The van der Waals surface area contributed by atoms with Gasteiger partial charge < -0.3 is 10.4 Å². The molecule has 3 heteroatoms. The Morgan fingerprint density at radius 3 is 2.47 bits per heavy atom. The highest BCUT2D eigenvalue weighted by atomic mass is 16.3. The fourth-order valence-corrected chi connectivity index (χ4v) is 2.77. The van der Waals surface area contributed by atoms with Crippen molar-refractivity contribution in [1.29, 1.82) is 0 Å². The second-order valence-electron chi connectivity index (χ2n) is 5.49. The molecule has 0 aromatic rings. The predicted octanol–water partition coefficient (Wildman–Crippen LogP) is 0.831. The number of aliphatic hydroxyl groups is 1. The zero-order chi connectivity index (χ0) is 10.9. The molecule has 2 rings (SSSR count). The lowest BCUT2D eigenvalue weighted by Gasteiger charge is -2.42. The van der Waals surface area contributed by atoms with Gasteiger partial charge in [0.05, 0.1) is 6.10 Å². The van der Waals surface area contributed by atoms with E-state index in [1.807, 2.05) is 0 Å². The molecule has 2 aliphatic heterocycles. The van der Waals surface area contributed by atoms with E-state index in [1.165, 1.54) is 19.3 Å². The molecule has 0 aliphatic carbocycles. The Hall–Kier alpha value is -0.120. The molecule has 3 nitrogen and oxygen atoms in total. The van der Waals surface area contributed by atoms with Crippen molar-refractivity contribution < 1.29 is 5.11 Å². The molecule has 2 unspecified atom stereocenters. The van der Waals surface area contributed by atoms with E-state index in [-0.39, 0.29) is 6.10 Å². The summed E-state index contributed by atoms with van der Waals surface area (Å²) >= 11 is 0. The van der Waals surface area contributed by atoms with Gasteiger partial charge in [0.2, 0.25) is 0 Å². The van der Waals surface area contributed by atoms with E-state index < -0.39 is 0 Å². The Morgan fingerprint density at radius 2 is 2.00 bits per heavy atom. The van der Waals surface area contributed by atoms with E-state index in [0.717, 1.165) is 26.2 Å². The molecule has 0 aromatic heterocycles. The Labute approximate surface area is 92.8 Å². The lowest BCUT2D eigenvalue weighted by molar-refractivity contribution is 0.0353. The van der Waals surface area contributed by atoms with E-state index >= 15 is 0 Å².